The molecule has 18 heavy (non-hydrogen) atoms. The first-order valence-electron chi connectivity index (χ1n) is 6.70. The van der Waals surface area contributed by atoms with Crippen LogP contribution in [0.3, 0.4) is 0 Å². The van der Waals surface area contributed by atoms with Crippen molar-refractivity contribution in [1.29, 1.82) is 0 Å². The maximum Gasteiger partial charge on any atom is 0.123 e. The zero-order valence-electron chi connectivity index (χ0n) is 11.7. The largest absolute Gasteiger partial charge is 0.376 e. The van der Waals surface area contributed by atoms with Crippen molar-refractivity contribution in [3.8, 4) is 0 Å². The third-order valence-electron chi connectivity index (χ3n) is 3.00. The molecule has 0 bridgehead atoms. The molecule has 0 saturated carbocycles. The second-order valence-corrected chi connectivity index (χ2v) is 4.75. The number of halogens is 1. The first kappa shape index (κ1) is 15.1. The molecule has 2 unspecified atom stereocenters. The second-order valence-electron chi connectivity index (χ2n) is 4.75. The fourth-order valence-corrected chi connectivity index (χ4v) is 2.18. The normalized spacial score (nSPS) is 14.8. The van der Waals surface area contributed by atoms with E-state index in [1.54, 1.807) is 0 Å². The van der Waals surface area contributed by atoms with Crippen molar-refractivity contribution in [3.63, 3.8) is 0 Å². The van der Waals surface area contributed by atoms with E-state index in [2.05, 4.69) is 26.1 Å². The van der Waals surface area contributed by atoms with Gasteiger partial charge in [0.05, 0.1) is 12.1 Å². The molecule has 102 valence electrons. The Morgan fingerprint density at radius 3 is 2.22 bits per heavy atom. The summed E-state index contributed by atoms with van der Waals surface area (Å²) in [6.07, 6.45) is 0.0976. The van der Waals surface area contributed by atoms with Crippen LogP contribution in [0.1, 0.15) is 39.3 Å². The molecular weight excluding hydrogens is 229 g/mol. The number of benzene rings is 1. The molecule has 1 aromatic carbocycles. The number of rotatable bonds is 7. The third-order valence-corrected chi connectivity index (χ3v) is 3.00. The van der Waals surface area contributed by atoms with Gasteiger partial charge in [-0.2, -0.15) is 0 Å². The van der Waals surface area contributed by atoms with Gasteiger partial charge in [-0.25, -0.2) is 4.39 Å². The van der Waals surface area contributed by atoms with Gasteiger partial charge in [0.1, 0.15) is 5.82 Å². The minimum Gasteiger partial charge on any atom is -0.376 e. The van der Waals surface area contributed by atoms with Crippen LogP contribution in [-0.4, -0.2) is 19.3 Å². The van der Waals surface area contributed by atoms with E-state index in [-0.39, 0.29) is 18.0 Å². The lowest BCUT2D eigenvalue weighted by molar-refractivity contribution is 0.00316. The lowest BCUT2D eigenvalue weighted by Gasteiger charge is -2.31. The maximum absolute atomic E-state index is 13.0. The van der Waals surface area contributed by atoms with Gasteiger partial charge in [0.25, 0.3) is 0 Å². The van der Waals surface area contributed by atoms with Crippen LogP contribution in [0.25, 0.3) is 0 Å². The van der Waals surface area contributed by atoms with E-state index in [1.807, 2.05) is 19.1 Å². The van der Waals surface area contributed by atoms with Gasteiger partial charge in [0.15, 0.2) is 0 Å². The van der Waals surface area contributed by atoms with E-state index in [0.717, 1.165) is 12.1 Å². The van der Waals surface area contributed by atoms with Gasteiger partial charge < -0.3 is 10.1 Å². The summed E-state index contributed by atoms with van der Waals surface area (Å²) in [4.78, 5) is 0. The van der Waals surface area contributed by atoms with Crippen LogP contribution in [0, 0.1) is 11.7 Å². The smallest absolute Gasteiger partial charge is 0.123 e. The van der Waals surface area contributed by atoms with Gasteiger partial charge in [-0.05, 0) is 37.1 Å². The highest BCUT2D eigenvalue weighted by Gasteiger charge is 2.25. The first-order valence-corrected chi connectivity index (χ1v) is 6.70. The number of hydrogen-bond acceptors (Lipinski definition) is 2. The summed E-state index contributed by atoms with van der Waals surface area (Å²) in [5, 5.41) is 3.44. The number of ether oxygens (including phenoxy) is 1. The fourth-order valence-electron chi connectivity index (χ4n) is 2.18. The lowest BCUT2D eigenvalue weighted by atomic mass is 9.93. The molecule has 0 amide bonds. The van der Waals surface area contributed by atoms with Crippen molar-refractivity contribution < 1.29 is 9.13 Å². The zero-order valence-corrected chi connectivity index (χ0v) is 11.7. The number of nitrogens with one attached hydrogen (secondary N) is 1. The van der Waals surface area contributed by atoms with Crippen LogP contribution in [0.4, 0.5) is 4.39 Å². The summed E-state index contributed by atoms with van der Waals surface area (Å²) in [7, 11) is 0. The van der Waals surface area contributed by atoms with Crippen molar-refractivity contribution in [3.05, 3.63) is 35.6 Å². The molecule has 0 aliphatic carbocycles. The average molecular weight is 253 g/mol. The van der Waals surface area contributed by atoms with Gasteiger partial charge >= 0.3 is 0 Å². The highest BCUT2D eigenvalue weighted by Crippen LogP contribution is 2.25. The quantitative estimate of drug-likeness (QED) is 0.802. The highest BCUT2D eigenvalue weighted by molar-refractivity contribution is 5.21. The Kier molecular flexibility index (Phi) is 6.30. The van der Waals surface area contributed by atoms with Crippen molar-refractivity contribution in [2.24, 2.45) is 5.92 Å². The van der Waals surface area contributed by atoms with E-state index >= 15 is 0 Å². The molecule has 0 saturated heterocycles. The summed E-state index contributed by atoms with van der Waals surface area (Å²) in [5.74, 6) is 0.200. The van der Waals surface area contributed by atoms with Gasteiger partial charge in [-0.15, -0.1) is 0 Å². The summed E-state index contributed by atoms with van der Waals surface area (Å²) < 4.78 is 18.8. The van der Waals surface area contributed by atoms with Crippen LogP contribution >= 0.6 is 0 Å². The fraction of sp³-hybridized carbons (Fsp3) is 0.600. The molecule has 1 rings (SSSR count). The summed E-state index contributed by atoms with van der Waals surface area (Å²) in [6, 6.07) is 6.77. The molecule has 0 aliphatic heterocycles. The molecule has 0 heterocycles. The van der Waals surface area contributed by atoms with Crippen LogP contribution in [-0.2, 0) is 4.74 Å². The van der Waals surface area contributed by atoms with Gasteiger partial charge in [-0.1, -0.05) is 32.9 Å². The molecule has 2 atom stereocenters. The minimum absolute atomic E-state index is 0.0976. The van der Waals surface area contributed by atoms with E-state index in [1.165, 1.54) is 12.1 Å². The van der Waals surface area contributed by atoms with Crippen molar-refractivity contribution in [1.82, 2.24) is 5.32 Å². The maximum atomic E-state index is 13.0. The Morgan fingerprint density at radius 2 is 1.78 bits per heavy atom. The van der Waals surface area contributed by atoms with Crippen molar-refractivity contribution in [2.75, 3.05) is 13.2 Å². The second kappa shape index (κ2) is 7.49. The SMILES string of the molecule is CCNC(c1ccc(F)cc1)C(OCC)C(C)C. The van der Waals surface area contributed by atoms with Gasteiger partial charge in [0, 0.05) is 6.61 Å². The van der Waals surface area contributed by atoms with E-state index in [9.17, 15) is 4.39 Å². The Labute approximate surface area is 110 Å². The summed E-state index contributed by atoms with van der Waals surface area (Å²) in [6.45, 7) is 9.91. The van der Waals surface area contributed by atoms with Gasteiger partial charge in [-0.3, -0.25) is 0 Å². The number of likely N-dealkylation sites (N-methyl/N-ethyl adjacent to an activating group) is 1. The average Bonchev–Trinajstić information content (AvgIpc) is 2.34. The molecule has 1 aromatic rings. The predicted octanol–water partition coefficient (Wildman–Crippen LogP) is 3.54. The highest BCUT2D eigenvalue weighted by atomic mass is 19.1. The minimum atomic E-state index is -0.202. The van der Waals surface area contributed by atoms with E-state index < -0.39 is 0 Å². The van der Waals surface area contributed by atoms with E-state index in [4.69, 9.17) is 4.74 Å². The van der Waals surface area contributed by atoms with Crippen molar-refractivity contribution in [2.45, 2.75) is 39.8 Å². The molecule has 1 N–H and O–H groups in total. The van der Waals surface area contributed by atoms with Crippen LogP contribution < -0.4 is 5.32 Å². The van der Waals surface area contributed by atoms with Crippen LogP contribution in [0.5, 0.6) is 0 Å². The first-order chi connectivity index (χ1) is 8.60. The molecule has 0 spiro atoms. The number of hydrogen-bond donors (Lipinski definition) is 1. The predicted molar refractivity (Wildman–Crippen MR) is 73.1 cm³/mol. The molecule has 3 heteroatoms. The van der Waals surface area contributed by atoms with Crippen LogP contribution in [0.2, 0.25) is 0 Å². The topological polar surface area (TPSA) is 21.3 Å². The third kappa shape index (κ3) is 4.07. The Morgan fingerprint density at radius 1 is 1.17 bits per heavy atom. The Balaban J connectivity index is 2.95. The molecule has 0 aliphatic rings. The standard InChI is InChI=1S/C15H24FNO/c1-5-17-14(15(11(3)4)18-6-2)12-7-9-13(16)10-8-12/h7-11,14-15,17H,5-6H2,1-4H3. The molecule has 2 nitrogen and oxygen atoms in total. The Bertz CT molecular complexity index is 337. The van der Waals surface area contributed by atoms with Crippen LogP contribution in [0.15, 0.2) is 24.3 Å². The van der Waals surface area contributed by atoms with Gasteiger partial charge in [0.2, 0.25) is 0 Å². The zero-order chi connectivity index (χ0) is 13.5. The summed E-state index contributed by atoms with van der Waals surface area (Å²) in [5.41, 5.74) is 1.07. The molecule has 0 fully saturated rings. The molecule has 0 aromatic heterocycles. The monoisotopic (exact) mass is 253 g/mol. The Hall–Kier alpha value is -0.930. The van der Waals surface area contributed by atoms with E-state index in [0.29, 0.717) is 12.5 Å². The molecular formula is C15H24FNO. The molecule has 0 radical (unpaired) electrons. The summed E-state index contributed by atoms with van der Waals surface area (Å²) >= 11 is 0. The lowest BCUT2D eigenvalue weighted by Crippen LogP contribution is -2.37. The van der Waals surface area contributed by atoms with Crippen molar-refractivity contribution >= 4 is 0 Å².